The fourth-order valence-corrected chi connectivity index (χ4v) is 4.39. The Hall–Kier alpha value is -3.06. The van der Waals surface area contributed by atoms with Crippen LogP contribution in [-0.2, 0) is 11.2 Å². The average molecular weight is 547 g/mol. The number of rotatable bonds is 7. The molecule has 3 N–H and O–H groups in total. The summed E-state index contributed by atoms with van der Waals surface area (Å²) in [5.74, 6) is -1.30. The van der Waals surface area contributed by atoms with Gasteiger partial charge >= 0.3 is 0 Å². The zero-order valence-corrected chi connectivity index (χ0v) is 21.3. The van der Waals surface area contributed by atoms with Crippen LogP contribution in [0.4, 0.5) is 15.8 Å². The Balaban J connectivity index is 1.63. The molecule has 1 unspecified atom stereocenters. The molecular formula is C27H23Cl3FN3O2. The van der Waals surface area contributed by atoms with Crippen LogP contribution < -0.4 is 16.0 Å². The van der Waals surface area contributed by atoms with Gasteiger partial charge in [-0.1, -0.05) is 71.2 Å². The van der Waals surface area contributed by atoms with Gasteiger partial charge in [-0.2, -0.15) is 0 Å². The highest BCUT2D eigenvalue weighted by molar-refractivity contribution is 6.76. The van der Waals surface area contributed by atoms with Crippen molar-refractivity contribution in [2.45, 2.75) is 22.2 Å². The van der Waals surface area contributed by atoms with Crippen molar-refractivity contribution < 1.29 is 14.0 Å². The maximum atomic E-state index is 13.4. The number of anilines is 2. The van der Waals surface area contributed by atoms with E-state index in [2.05, 4.69) is 5.32 Å². The third kappa shape index (κ3) is 6.19. The van der Waals surface area contributed by atoms with Crippen LogP contribution in [0.5, 0.6) is 0 Å². The largest absolute Gasteiger partial charge is 0.399 e. The van der Waals surface area contributed by atoms with E-state index >= 15 is 0 Å². The van der Waals surface area contributed by atoms with Crippen LogP contribution >= 0.6 is 34.8 Å². The van der Waals surface area contributed by atoms with E-state index in [-0.39, 0.29) is 18.3 Å². The molecule has 0 heterocycles. The van der Waals surface area contributed by atoms with Crippen molar-refractivity contribution in [3.8, 4) is 0 Å². The molecular weight excluding hydrogens is 524 g/mol. The molecule has 1 atom stereocenters. The van der Waals surface area contributed by atoms with Gasteiger partial charge in [-0.15, -0.1) is 0 Å². The van der Waals surface area contributed by atoms with Crippen LogP contribution in [0.1, 0.15) is 22.3 Å². The van der Waals surface area contributed by atoms with Crippen LogP contribution in [0.15, 0.2) is 90.5 Å². The number of alkyl halides is 3. The molecule has 36 heavy (non-hydrogen) atoms. The Bertz CT molecular complexity index is 1280. The van der Waals surface area contributed by atoms with E-state index in [0.717, 1.165) is 11.1 Å². The van der Waals surface area contributed by atoms with Gasteiger partial charge in [0.2, 0.25) is 0 Å². The molecule has 3 aromatic carbocycles. The van der Waals surface area contributed by atoms with E-state index < -0.39 is 15.2 Å². The molecule has 3 aromatic rings. The van der Waals surface area contributed by atoms with E-state index in [1.165, 1.54) is 12.1 Å². The fourth-order valence-electron chi connectivity index (χ4n) is 4.24. The summed E-state index contributed by atoms with van der Waals surface area (Å²) in [6.07, 6.45) is 2.63. The van der Waals surface area contributed by atoms with Gasteiger partial charge in [0.15, 0.2) is 0 Å². The molecule has 2 amide bonds. The van der Waals surface area contributed by atoms with Crippen molar-refractivity contribution in [1.29, 1.82) is 0 Å². The van der Waals surface area contributed by atoms with Gasteiger partial charge in [0.1, 0.15) is 5.82 Å². The Morgan fingerprint density at radius 3 is 2.17 bits per heavy atom. The molecule has 9 heteroatoms. The van der Waals surface area contributed by atoms with Crippen LogP contribution in [0.25, 0.3) is 0 Å². The second-order valence-corrected chi connectivity index (χ2v) is 11.0. The number of nitrogen functional groups attached to an aromatic ring is 1. The molecule has 0 saturated heterocycles. The summed E-state index contributed by atoms with van der Waals surface area (Å²) in [4.78, 5) is 27.6. The second kappa shape index (κ2) is 10.5. The van der Waals surface area contributed by atoms with Crippen molar-refractivity contribution in [3.05, 3.63) is 107 Å². The molecule has 0 aromatic heterocycles. The molecule has 5 nitrogen and oxygen atoms in total. The summed E-state index contributed by atoms with van der Waals surface area (Å²) in [5, 5.41) is 2.82. The molecule has 0 fully saturated rings. The number of nitrogens with two attached hydrogens (primary N) is 1. The van der Waals surface area contributed by atoms with Gasteiger partial charge in [-0.25, -0.2) is 4.39 Å². The SMILES string of the molecule is Nc1ccc(N(CC2=CC(Cc3ccc(F)cc3)(NC(=O)C(Cl)(Cl)Cl)C2)C(=O)c2ccccc2)cc1. The lowest BCUT2D eigenvalue weighted by Crippen LogP contribution is -2.57. The van der Waals surface area contributed by atoms with Crippen molar-refractivity contribution >= 4 is 58.0 Å². The van der Waals surface area contributed by atoms with E-state index in [4.69, 9.17) is 40.5 Å². The Morgan fingerprint density at radius 2 is 1.58 bits per heavy atom. The molecule has 1 aliphatic carbocycles. The quantitative estimate of drug-likeness (QED) is 0.222. The molecule has 186 valence electrons. The van der Waals surface area contributed by atoms with Gasteiger partial charge in [-0.3, -0.25) is 9.59 Å². The minimum Gasteiger partial charge on any atom is -0.399 e. The smallest absolute Gasteiger partial charge is 0.272 e. The Labute approximate surface area is 223 Å². The minimum absolute atomic E-state index is 0.178. The standard InChI is InChI=1S/C27H23Cl3FN3O2/c28-27(29,30)25(36)33-26(14-18-6-8-21(31)9-7-18)15-19(16-26)17-34(23-12-10-22(32)11-13-23)24(35)20-4-2-1-3-5-20/h1-13,15H,14,16-17,32H2,(H,33,36). The minimum atomic E-state index is -2.14. The Morgan fingerprint density at radius 1 is 0.972 bits per heavy atom. The van der Waals surface area contributed by atoms with E-state index in [0.29, 0.717) is 29.8 Å². The van der Waals surface area contributed by atoms with Gasteiger partial charge in [0, 0.05) is 23.5 Å². The lowest BCUT2D eigenvalue weighted by atomic mass is 9.74. The summed E-state index contributed by atoms with van der Waals surface area (Å²) in [7, 11) is 0. The summed E-state index contributed by atoms with van der Waals surface area (Å²) in [5.41, 5.74) is 8.50. The summed E-state index contributed by atoms with van der Waals surface area (Å²) in [6, 6.07) is 22.0. The van der Waals surface area contributed by atoms with Crippen molar-refractivity contribution in [2.24, 2.45) is 0 Å². The third-order valence-electron chi connectivity index (χ3n) is 5.91. The highest BCUT2D eigenvalue weighted by Gasteiger charge is 2.43. The first-order valence-electron chi connectivity index (χ1n) is 11.1. The summed E-state index contributed by atoms with van der Waals surface area (Å²) >= 11 is 17.4. The summed E-state index contributed by atoms with van der Waals surface area (Å²) < 4.78 is 11.3. The van der Waals surface area contributed by atoms with Crippen LogP contribution in [0, 0.1) is 5.82 Å². The number of amides is 2. The molecule has 1 aliphatic rings. The molecule has 0 spiro atoms. The van der Waals surface area contributed by atoms with Gasteiger partial charge in [-0.05, 0) is 72.5 Å². The van der Waals surface area contributed by atoms with E-state index in [1.807, 2.05) is 12.1 Å². The number of hydrogen-bond acceptors (Lipinski definition) is 3. The van der Waals surface area contributed by atoms with E-state index in [9.17, 15) is 14.0 Å². The molecule has 0 saturated carbocycles. The molecule has 0 bridgehead atoms. The highest BCUT2D eigenvalue weighted by Crippen LogP contribution is 2.37. The topological polar surface area (TPSA) is 75.4 Å². The first-order chi connectivity index (χ1) is 17.0. The first kappa shape index (κ1) is 26.0. The number of hydrogen-bond donors (Lipinski definition) is 2. The number of carbonyl (C=O) groups excluding carboxylic acids is 2. The van der Waals surface area contributed by atoms with Crippen LogP contribution in [-0.4, -0.2) is 27.7 Å². The number of nitrogens with one attached hydrogen (secondary N) is 1. The maximum Gasteiger partial charge on any atom is 0.272 e. The number of nitrogens with zero attached hydrogens (tertiary/aromatic N) is 1. The van der Waals surface area contributed by atoms with E-state index in [1.54, 1.807) is 65.6 Å². The van der Waals surface area contributed by atoms with Gasteiger partial charge in [0.25, 0.3) is 15.6 Å². The van der Waals surface area contributed by atoms with Crippen LogP contribution in [0.3, 0.4) is 0 Å². The maximum absolute atomic E-state index is 13.4. The zero-order valence-electron chi connectivity index (χ0n) is 19.1. The molecule has 0 radical (unpaired) electrons. The number of benzene rings is 3. The zero-order chi connectivity index (χ0) is 25.9. The second-order valence-electron chi connectivity index (χ2n) is 8.74. The molecule has 4 rings (SSSR count). The molecule has 0 aliphatic heterocycles. The lowest BCUT2D eigenvalue weighted by Gasteiger charge is -2.43. The van der Waals surface area contributed by atoms with Crippen molar-refractivity contribution in [2.75, 3.05) is 17.2 Å². The Kier molecular flexibility index (Phi) is 7.59. The number of halogens is 4. The van der Waals surface area contributed by atoms with Crippen molar-refractivity contribution in [3.63, 3.8) is 0 Å². The average Bonchev–Trinajstić information content (AvgIpc) is 2.83. The first-order valence-corrected chi connectivity index (χ1v) is 12.2. The monoisotopic (exact) mass is 545 g/mol. The third-order valence-corrected chi connectivity index (χ3v) is 6.42. The predicted molar refractivity (Wildman–Crippen MR) is 143 cm³/mol. The van der Waals surface area contributed by atoms with Gasteiger partial charge < -0.3 is 16.0 Å². The normalized spacial score (nSPS) is 17.1. The van der Waals surface area contributed by atoms with Gasteiger partial charge in [0.05, 0.1) is 5.54 Å². The fraction of sp³-hybridized carbons (Fsp3) is 0.185. The summed E-state index contributed by atoms with van der Waals surface area (Å²) in [6.45, 7) is 0.284. The predicted octanol–water partition coefficient (Wildman–Crippen LogP) is 5.85. The van der Waals surface area contributed by atoms with Crippen LogP contribution in [0.2, 0.25) is 0 Å². The van der Waals surface area contributed by atoms with Crippen molar-refractivity contribution in [1.82, 2.24) is 5.32 Å². The highest BCUT2D eigenvalue weighted by atomic mass is 35.6. The number of carbonyl (C=O) groups is 2. The lowest BCUT2D eigenvalue weighted by molar-refractivity contribution is -0.121.